The third kappa shape index (κ3) is 2.68. The number of imidazole rings is 1. The quantitative estimate of drug-likeness (QED) is 0.803. The van der Waals surface area contributed by atoms with E-state index < -0.39 is 0 Å². The number of benzene rings is 1. The van der Waals surface area contributed by atoms with Crippen molar-refractivity contribution in [3.8, 4) is 0 Å². The van der Waals surface area contributed by atoms with E-state index in [1.165, 1.54) is 0 Å². The van der Waals surface area contributed by atoms with Crippen LogP contribution in [0.25, 0.3) is 16.8 Å². The lowest BCUT2D eigenvalue weighted by Gasteiger charge is -2.32. The van der Waals surface area contributed by atoms with Crippen molar-refractivity contribution in [3.63, 3.8) is 0 Å². The predicted octanol–water partition coefficient (Wildman–Crippen LogP) is 2.24. The van der Waals surface area contributed by atoms with Gasteiger partial charge in [-0.2, -0.15) is 4.98 Å². The van der Waals surface area contributed by atoms with Gasteiger partial charge in [0.2, 0.25) is 11.7 Å². The summed E-state index contributed by atoms with van der Waals surface area (Å²) < 4.78 is 2.02. The summed E-state index contributed by atoms with van der Waals surface area (Å²) >= 11 is 0. The fourth-order valence-electron chi connectivity index (χ4n) is 3.45. The van der Waals surface area contributed by atoms with E-state index in [0.29, 0.717) is 12.3 Å². The lowest BCUT2D eigenvalue weighted by molar-refractivity contribution is -0.121. The van der Waals surface area contributed by atoms with Gasteiger partial charge in [-0.3, -0.25) is 9.20 Å². The first-order valence-corrected chi connectivity index (χ1v) is 8.44. The Morgan fingerprint density at radius 2 is 2.00 bits per heavy atom. The van der Waals surface area contributed by atoms with Crippen molar-refractivity contribution < 1.29 is 4.79 Å². The molecule has 3 aromatic rings. The molecule has 4 rings (SSSR count). The second-order valence-corrected chi connectivity index (χ2v) is 6.36. The van der Waals surface area contributed by atoms with Gasteiger partial charge in [-0.05, 0) is 37.0 Å². The minimum absolute atomic E-state index is 0.136. The van der Waals surface area contributed by atoms with Crippen molar-refractivity contribution in [2.75, 3.05) is 25.0 Å². The Hall–Kier alpha value is -2.63. The molecule has 1 fully saturated rings. The third-order valence-corrected chi connectivity index (χ3v) is 4.86. The highest BCUT2D eigenvalue weighted by Crippen LogP contribution is 2.25. The molecule has 1 aromatic carbocycles. The summed E-state index contributed by atoms with van der Waals surface area (Å²) in [5.74, 6) is 2.31. The number of carbonyl (C=O) groups excluding carboxylic acids is 1. The lowest BCUT2D eigenvalue weighted by atomic mass is 9.93. The predicted molar refractivity (Wildman–Crippen MR) is 94.1 cm³/mol. The molecule has 1 amide bonds. The van der Waals surface area contributed by atoms with E-state index in [1.54, 1.807) is 7.05 Å². The van der Waals surface area contributed by atoms with Crippen LogP contribution in [0.4, 0.5) is 5.82 Å². The molecule has 0 radical (unpaired) electrons. The number of carbonyl (C=O) groups is 1. The van der Waals surface area contributed by atoms with E-state index in [2.05, 4.69) is 27.3 Å². The Bertz CT molecular complexity index is 879. The van der Waals surface area contributed by atoms with Crippen LogP contribution in [0.1, 0.15) is 19.3 Å². The Morgan fingerprint density at radius 1 is 1.21 bits per heavy atom. The first kappa shape index (κ1) is 14.9. The Morgan fingerprint density at radius 3 is 2.79 bits per heavy atom. The number of rotatable bonds is 3. The smallest absolute Gasteiger partial charge is 0.236 e. The van der Waals surface area contributed by atoms with Crippen LogP contribution in [-0.4, -0.2) is 40.4 Å². The zero-order valence-electron chi connectivity index (χ0n) is 13.8. The van der Waals surface area contributed by atoms with Gasteiger partial charge in [0.1, 0.15) is 5.82 Å². The van der Waals surface area contributed by atoms with Crippen LogP contribution in [0.3, 0.4) is 0 Å². The summed E-state index contributed by atoms with van der Waals surface area (Å²) in [6, 6.07) is 10.1. The van der Waals surface area contributed by atoms with Crippen LogP contribution in [0.5, 0.6) is 0 Å². The number of para-hydroxylation sites is 2. The molecule has 1 saturated heterocycles. The molecule has 6 nitrogen and oxygen atoms in total. The Labute approximate surface area is 140 Å². The van der Waals surface area contributed by atoms with Crippen LogP contribution in [0, 0.1) is 5.92 Å². The Kier molecular flexibility index (Phi) is 3.80. The van der Waals surface area contributed by atoms with Crippen LogP contribution >= 0.6 is 0 Å². The molecule has 1 aliphatic rings. The minimum atomic E-state index is 0.136. The Balaban J connectivity index is 1.53. The van der Waals surface area contributed by atoms with Crippen molar-refractivity contribution in [2.45, 2.75) is 19.3 Å². The summed E-state index contributed by atoms with van der Waals surface area (Å²) in [6.07, 6.45) is 4.72. The number of anilines is 1. The second-order valence-electron chi connectivity index (χ2n) is 6.36. The highest BCUT2D eigenvalue weighted by Gasteiger charge is 2.22. The number of piperidine rings is 1. The molecule has 2 aromatic heterocycles. The molecule has 1 aliphatic heterocycles. The first-order chi connectivity index (χ1) is 11.7. The molecule has 3 heterocycles. The SMILES string of the molecule is CNC(=O)CC1CCN(c2ccn3c(n2)nc2ccccc23)CC1. The number of nitrogens with zero attached hydrogens (tertiary/aromatic N) is 4. The highest BCUT2D eigenvalue weighted by atomic mass is 16.1. The number of hydrogen-bond donors (Lipinski definition) is 1. The molecule has 0 bridgehead atoms. The molecule has 0 aliphatic carbocycles. The number of fused-ring (bicyclic) bond motifs is 3. The van der Waals surface area contributed by atoms with Crippen LogP contribution < -0.4 is 10.2 Å². The van der Waals surface area contributed by atoms with Gasteiger partial charge in [-0.1, -0.05) is 12.1 Å². The number of amides is 1. The largest absolute Gasteiger partial charge is 0.359 e. The number of hydrogen-bond acceptors (Lipinski definition) is 4. The standard InChI is InChI=1S/C18H21N5O/c1-19-17(24)12-13-6-9-22(10-7-13)16-8-11-23-15-5-3-2-4-14(15)20-18(23)21-16/h2-5,8,11,13H,6-7,9-10,12H2,1H3,(H,19,24). The van der Waals surface area contributed by atoms with Crippen molar-refractivity contribution in [2.24, 2.45) is 5.92 Å². The first-order valence-electron chi connectivity index (χ1n) is 8.44. The van der Waals surface area contributed by atoms with Gasteiger partial charge in [0.05, 0.1) is 11.0 Å². The third-order valence-electron chi connectivity index (χ3n) is 4.86. The lowest BCUT2D eigenvalue weighted by Crippen LogP contribution is -2.36. The molecular weight excluding hydrogens is 302 g/mol. The fraction of sp³-hybridized carbons (Fsp3) is 0.389. The van der Waals surface area contributed by atoms with Crippen molar-refractivity contribution in [3.05, 3.63) is 36.5 Å². The maximum Gasteiger partial charge on any atom is 0.236 e. The molecule has 6 heteroatoms. The van der Waals surface area contributed by atoms with Gasteiger partial charge in [0.15, 0.2) is 0 Å². The molecule has 0 saturated carbocycles. The average molecular weight is 323 g/mol. The molecule has 0 spiro atoms. The van der Waals surface area contributed by atoms with E-state index in [9.17, 15) is 4.79 Å². The summed E-state index contributed by atoms with van der Waals surface area (Å²) in [5, 5.41) is 2.71. The van der Waals surface area contributed by atoms with E-state index in [4.69, 9.17) is 4.98 Å². The zero-order chi connectivity index (χ0) is 16.5. The van der Waals surface area contributed by atoms with Gasteiger partial charge >= 0.3 is 0 Å². The summed E-state index contributed by atoms with van der Waals surface area (Å²) in [7, 11) is 1.70. The van der Waals surface area contributed by atoms with Crippen molar-refractivity contribution in [1.82, 2.24) is 19.7 Å². The summed E-state index contributed by atoms with van der Waals surface area (Å²) in [5.41, 5.74) is 2.04. The monoisotopic (exact) mass is 323 g/mol. The van der Waals surface area contributed by atoms with Crippen LogP contribution in [-0.2, 0) is 4.79 Å². The van der Waals surface area contributed by atoms with E-state index in [0.717, 1.165) is 48.6 Å². The molecular formula is C18H21N5O. The maximum atomic E-state index is 11.5. The summed E-state index contributed by atoms with van der Waals surface area (Å²) in [4.78, 5) is 23.2. The van der Waals surface area contributed by atoms with Gasteiger partial charge in [-0.15, -0.1) is 0 Å². The molecule has 0 unspecified atom stereocenters. The van der Waals surface area contributed by atoms with Gasteiger partial charge in [0.25, 0.3) is 0 Å². The molecule has 0 atom stereocenters. The zero-order valence-corrected chi connectivity index (χ0v) is 13.8. The van der Waals surface area contributed by atoms with Crippen LogP contribution in [0.15, 0.2) is 36.5 Å². The van der Waals surface area contributed by atoms with Crippen molar-refractivity contribution in [1.29, 1.82) is 0 Å². The normalized spacial score (nSPS) is 16.0. The molecule has 24 heavy (non-hydrogen) atoms. The van der Waals surface area contributed by atoms with E-state index >= 15 is 0 Å². The van der Waals surface area contributed by atoms with E-state index in [1.807, 2.05) is 28.8 Å². The second kappa shape index (κ2) is 6.11. The van der Waals surface area contributed by atoms with Crippen LogP contribution in [0.2, 0.25) is 0 Å². The topological polar surface area (TPSA) is 62.5 Å². The average Bonchev–Trinajstić information content (AvgIpc) is 3.00. The maximum absolute atomic E-state index is 11.5. The molecule has 1 N–H and O–H groups in total. The van der Waals surface area contributed by atoms with Crippen molar-refractivity contribution >= 4 is 28.5 Å². The molecule has 124 valence electrons. The van der Waals surface area contributed by atoms with Gasteiger partial charge in [0, 0.05) is 32.8 Å². The number of nitrogens with one attached hydrogen (secondary N) is 1. The fourth-order valence-corrected chi connectivity index (χ4v) is 3.45. The number of aromatic nitrogens is 3. The van der Waals surface area contributed by atoms with E-state index in [-0.39, 0.29) is 5.91 Å². The van der Waals surface area contributed by atoms with Gasteiger partial charge < -0.3 is 10.2 Å². The highest BCUT2D eigenvalue weighted by molar-refractivity contribution is 5.79. The summed E-state index contributed by atoms with van der Waals surface area (Å²) in [6.45, 7) is 1.87. The van der Waals surface area contributed by atoms with Gasteiger partial charge in [-0.25, -0.2) is 4.98 Å². The minimum Gasteiger partial charge on any atom is -0.359 e.